The van der Waals surface area contributed by atoms with Gasteiger partial charge in [0.15, 0.2) is 0 Å². The van der Waals surface area contributed by atoms with Gasteiger partial charge in [-0.05, 0) is 25.7 Å². The quantitative estimate of drug-likeness (QED) is 0.774. The standard InChI is InChI=1S/C15H24N4O2.ClH/c1-8-11(12(20)17-7-10(16)9-5-6-9)13(21)19-14(18-8)15(2,3)4;/h9-10H,5-7,16H2,1-4H3,(H,17,20)(H,18,19,21);1H. The number of amides is 1. The van der Waals surface area contributed by atoms with Crippen molar-refractivity contribution in [1.29, 1.82) is 0 Å². The molecule has 0 radical (unpaired) electrons. The van der Waals surface area contributed by atoms with E-state index in [4.69, 9.17) is 5.73 Å². The van der Waals surface area contributed by atoms with Crippen LogP contribution >= 0.6 is 12.4 Å². The maximum atomic E-state index is 12.2. The normalized spacial score (nSPS) is 15.9. The molecule has 124 valence electrons. The fourth-order valence-corrected chi connectivity index (χ4v) is 2.20. The number of halogens is 1. The molecule has 2 rings (SSSR count). The molecule has 0 aromatic carbocycles. The second-order valence-corrected chi connectivity index (χ2v) is 6.84. The SMILES string of the molecule is Cc1nc(C(C)(C)C)[nH]c(=O)c1C(=O)NCC(N)C1CC1.Cl. The van der Waals surface area contributed by atoms with Gasteiger partial charge in [0.2, 0.25) is 0 Å². The van der Waals surface area contributed by atoms with E-state index in [-0.39, 0.29) is 29.4 Å². The highest BCUT2D eigenvalue weighted by molar-refractivity contribution is 5.94. The van der Waals surface area contributed by atoms with Crippen LogP contribution in [-0.2, 0) is 5.41 Å². The number of aryl methyl sites for hydroxylation is 1. The number of nitrogens with two attached hydrogens (primary N) is 1. The van der Waals surface area contributed by atoms with Gasteiger partial charge < -0.3 is 16.0 Å². The van der Waals surface area contributed by atoms with Crippen molar-refractivity contribution in [3.05, 3.63) is 27.4 Å². The van der Waals surface area contributed by atoms with Gasteiger partial charge in [0.05, 0.1) is 5.69 Å². The maximum Gasteiger partial charge on any atom is 0.264 e. The van der Waals surface area contributed by atoms with Gasteiger partial charge in [-0.25, -0.2) is 4.98 Å². The Bertz CT molecular complexity index is 603. The Labute approximate surface area is 136 Å². The lowest BCUT2D eigenvalue weighted by Crippen LogP contribution is -2.41. The van der Waals surface area contributed by atoms with Crippen LogP contribution in [0.15, 0.2) is 4.79 Å². The Balaban J connectivity index is 0.00000242. The van der Waals surface area contributed by atoms with Crippen LogP contribution in [0.1, 0.15) is 55.5 Å². The monoisotopic (exact) mass is 328 g/mol. The molecule has 1 fully saturated rings. The summed E-state index contributed by atoms with van der Waals surface area (Å²) in [5.41, 5.74) is 5.80. The van der Waals surface area contributed by atoms with Crippen molar-refractivity contribution >= 4 is 18.3 Å². The van der Waals surface area contributed by atoms with Gasteiger partial charge in [0.1, 0.15) is 11.4 Å². The molecule has 1 aliphatic carbocycles. The van der Waals surface area contributed by atoms with E-state index in [0.717, 1.165) is 12.8 Å². The third-order valence-corrected chi connectivity index (χ3v) is 3.76. The number of hydrogen-bond acceptors (Lipinski definition) is 4. The molecule has 0 aliphatic heterocycles. The Hall–Kier alpha value is -1.40. The highest BCUT2D eigenvalue weighted by Gasteiger charge is 2.29. The van der Waals surface area contributed by atoms with Crippen LogP contribution in [0.3, 0.4) is 0 Å². The average Bonchev–Trinajstić information content (AvgIpc) is 3.18. The van der Waals surface area contributed by atoms with E-state index >= 15 is 0 Å². The molecular formula is C15H25ClN4O2. The number of carbonyl (C=O) groups is 1. The number of hydrogen-bond donors (Lipinski definition) is 3. The average molecular weight is 329 g/mol. The van der Waals surface area contributed by atoms with Gasteiger partial charge in [0.25, 0.3) is 11.5 Å². The van der Waals surface area contributed by atoms with Crippen LogP contribution < -0.4 is 16.6 Å². The summed E-state index contributed by atoms with van der Waals surface area (Å²) in [6.07, 6.45) is 2.25. The van der Waals surface area contributed by atoms with Crippen LogP contribution in [0.5, 0.6) is 0 Å². The lowest BCUT2D eigenvalue weighted by molar-refractivity contribution is 0.0947. The molecular weight excluding hydrogens is 304 g/mol. The number of H-pyrrole nitrogens is 1. The van der Waals surface area contributed by atoms with E-state index < -0.39 is 11.5 Å². The fraction of sp³-hybridized carbons (Fsp3) is 0.667. The molecule has 1 atom stereocenters. The zero-order valence-electron chi connectivity index (χ0n) is 13.5. The summed E-state index contributed by atoms with van der Waals surface area (Å²) in [6, 6.07) is -0.0323. The van der Waals surface area contributed by atoms with Crippen molar-refractivity contribution < 1.29 is 4.79 Å². The van der Waals surface area contributed by atoms with Gasteiger partial charge >= 0.3 is 0 Å². The van der Waals surface area contributed by atoms with Crippen LogP contribution in [0, 0.1) is 12.8 Å². The molecule has 0 saturated heterocycles. The first-order valence-corrected chi connectivity index (χ1v) is 7.35. The maximum absolute atomic E-state index is 12.2. The van der Waals surface area contributed by atoms with E-state index in [1.165, 1.54) is 0 Å². The van der Waals surface area contributed by atoms with E-state index in [0.29, 0.717) is 24.0 Å². The van der Waals surface area contributed by atoms with Crippen LogP contribution in [0.25, 0.3) is 0 Å². The second kappa shape index (κ2) is 6.79. The number of carbonyl (C=O) groups excluding carboxylic acids is 1. The van der Waals surface area contributed by atoms with Gasteiger partial charge in [-0.1, -0.05) is 20.8 Å². The van der Waals surface area contributed by atoms with Crippen LogP contribution in [0.4, 0.5) is 0 Å². The third-order valence-electron chi connectivity index (χ3n) is 3.76. The molecule has 6 nitrogen and oxygen atoms in total. The first kappa shape index (κ1) is 18.6. The molecule has 1 saturated carbocycles. The minimum absolute atomic E-state index is 0. The molecule has 1 aromatic heterocycles. The van der Waals surface area contributed by atoms with Gasteiger partial charge in [-0.3, -0.25) is 9.59 Å². The predicted molar refractivity (Wildman–Crippen MR) is 88.6 cm³/mol. The first-order chi connectivity index (χ1) is 9.70. The van der Waals surface area contributed by atoms with Crippen molar-refractivity contribution in [3.8, 4) is 0 Å². The van der Waals surface area contributed by atoms with Crippen LogP contribution in [-0.4, -0.2) is 28.5 Å². The lowest BCUT2D eigenvalue weighted by atomic mass is 9.95. The zero-order chi connectivity index (χ0) is 15.8. The van der Waals surface area contributed by atoms with E-state index in [1.54, 1.807) is 6.92 Å². The molecule has 1 unspecified atom stereocenters. The van der Waals surface area contributed by atoms with E-state index in [1.807, 2.05) is 20.8 Å². The Morgan fingerprint density at radius 1 is 1.45 bits per heavy atom. The molecule has 4 N–H and O–H groups in total. The topological polar surface area (TPSA) is 101 Å². The van der Waals surface area contributed by atoms with Gasteiger partial charge in [0, 0.05) is 18.0 Å². The van der Waals surface area contributed by atoms with Crippen molar-refractivity contribution in [1.82, 2.24) is 15.3 Å². The smallest absolute Gasteiger partial charge is 0.264 e. The fourth-order valence-electron chi connectivity index (χ4n) is 2.20. The number of nitrogens with one attached hydrogen (secondary N) is 2. The van der Waals surface area contributed by atoms with Gasteiger partial charge in [-0.15, -0.1) is 12.4 Å². The second-order valence-electron chi connectivity index (χ2n) is 6.84. The highest BCUT2D eigenvalue weighted by atomic mass is 35.5. The first-order valence-electron chi connectivity index (χ1n) is 7.35. The summed E-state index contributed by atoms with van der Waals surface area (Å²) in [7, 11) is 0. The highest BCUT2D eigenvalue weighted by Crippen LogP contribution is 2.31. The zero-order valence-corrected chi connectivity index (χ0v) is 14.3. The molecule has 0 spiro atoms. The molecule has 0 bridgehead atoms. The van der Waals surface area contributed by atoms with Crippen molar-refractivity contribution in [2.24, 2.45) is 11.7 Å². The van der Waals surface area contributed by atoms with Gasteiger partial charge in [-0.2, -0.15) is 0 Å². The minimum Gasteiger partial charge on any atom is -0.350 e. The van der Waals surface area contributed by atoms with E-state index in [9.17, 15) is 9.59 Å². The number of rotatable bonds is 4. The van der Waals surface area contributed by atoms with E-state index in [2.05, 4.69) is 15.3 Å². The van der Waals surface area contributed by atoms with Crippen molar-refractivity contribution in [3.63, 3.8) is 0 Å². The third kappa shape index (κ3) is 4.30. The summed E-state index contributed by atoms with van der Waals surface area (Å²) in [5.74, 6) is 0.681. The summed E-state index contributed by atoms with van der Waals surface area (Å²) in [5, 5.41) is 2.74. The summed E-state index contributed by atoms with van der Waals surface area (Å²) >= 11 is 0. The summed E-state index contributed by atoms with van der Waals surface area (Å²) in [6.45, 7) is 7.95. The van der Waals surface area contributed by atoms with Crippen molar-refractivity contribution in [2.45, 2.75) is 52.0 Å². The molecule has 1 aliphatic rings. The Kier molecular flexibility index (Phi) is 5.76. The minimum atomic E-state index is -0.405. The molecule has 22 heavy (non-hydrogen) atoms. The number of aromatic amines is 1. The molecule has 7 heteroatoms. The molecule has 1 amide bonds. The Morgan fingerprint density at radius 3 is 2.50 bits per heavy atom. The summed E-state index contributed by atoms with van der Waals surface area (Å²) < 4.78 is 0. The summed E-state index contributed by atoms with van der Waals surface area (Å²) in [4.78, 5) is 31.4. The number of nitrogens with zero attached hydrogens (tertiary/aromatic N) is 1. The molecule has 1 aromatic rings. The predicted octanol–water partition coefficient (Wildman–Crippen LogP) is 1.26. The Morgan fingerprint density at radius 2 is 2.05 bits per heavy atom. The molecule has 1 heterocycles. The number of aromatic nitrogens is 2. The lowest BCUT2D eigenvalue weighted by Gasteiger charge is -2.18. The van der Waals surface area contributed by atoms with Crippen molar-refractivity contribution in [2.75, 3.05) is 6.54 Å². The largest absolute Gasteiger partial charge is 0.350 e. The van der Waals surface area contributed by atoms with Crippen LogP contribution in [0.2, 0.25) is 0 Å².